The van der Waals surface area contributed by atoms with Gasteiger partial charge in [-0.05, 0) is 39.1 Å². The van der Waals surface area contributed by atoms with Crippen LogP contribution in [0.1, 0.15) is 46.7 Å². The van der Waals surface area contributed by atoms with Gasteiger partial charge in [-0.2, -0.15) is 0 Å². The molecular formula is C18H27N5O3. The number of rotatable bonds is 6. The van der Waals surface area contributed by atoms with E-state index in [0.29, 0.717) is 24.7 Å². The third-order valence-electron chi connectivity index (χ3n) is 4.69. The molecule has 0 saturated carbocycles. The standard InChI is InChI=1S/C18H27N5O3/c1-21(2)11-16-19-20-17(22(16)3)13-6-5-9-23(10-13)18(24)15-8-7-14(26-15)12-25-4/h7-8,13H,5-6,9-12H2,1-4H3/t13-/m0/s1. The van der Waals surface area contributed by atoms with E-state index in [1.165, 1.54) is 0 Å². The van der Waals surface area contributed by atoms with E-state index in [9.17, 15) is 4.79 Å². The SMILES string of the molecule is COCc1ccc(C(=O)N2CCC[C@H](c3nnc(CN(C)C)n3C)C2)o1. The Kier molecular flexibility index (Phi) is 5.73. The molecule has 0 radical (unpaired) electrons. The Labute approximate surface area is 153 Å². The van der Waals surface area contributed by atoms with Gasteiger partial charge in [0, 0.05) is 33.2 Å². The molecule has 1 aliphatic heterocycles. The summed E-state index contributed by atoms with van der Waals surface area (Å²) >= 11 is 0. The predicted octanol–water partition coefficient (Wildman–Crippen LogP) is 1.64. The number of amides is 1. The quantitative estimate of drug-likeness (QED) is 0.778. The summed E-state index contributed by atoms with van der Waals surface area (Å²) in [5, 5.41) is 8.71. The summed E-state index contributed by atoms with van der Waals surface area (Å²) in [5.74, 6) is 3.01. The first-order valence-corrected chi connectivity index (χ1v) is 8.89. The minimum atomic E-state index is -0.0762. The van der Waals surface area contributed by atoms with Crippen molar-refractivity contribution in [1.29, 1.82) is 0 Å². The summed E-state index contributed by atoms with van der Waals surface area (Å²) < 4.78 is 12.7. The molecule has 0 aliphatic carbocycles. The number of nitrogens with zero attached hydrogens (tertiary/aromatic N) is 5. The summed E-state index contributed by atoms with van der Waals surface area (Å²) in [5.41, 5.74) is 0. The van der Waals surface area contributed by atoms with Crippen LogP contribution < -0.4 is 0 Å². The Morgan fingerprint density at radius 1 is 1.38 bits per heavy atom. The number of likely N-dealkylation sites (tertiary alicyclic amines) is 1. The summed E-state index contributed by atoms with van der Waals surface area (Å²) in [6, 6.07) is 3.51. The highest BCUT2D eigenvalue weighted by Gasteiger charge is 2.30. The summed E-state index contributed by atoms with van der Waals surface area (Å²) in [4.78, 5) is 16.7. The van der Waals surface area contributed by atoms with Crippen molar-refractivity contribution in [3.8, 4) is 0 Å². The second-order valence-corrected chi connectivity index (χ2v) is 7.06. The van der Waals surface area contributed by atoms with Gasteiger partial charge in [0.05, 0.1) is 6.54 Å². The van der Waals surface area contributed by atoms with Gasteiger partial charge in [0.2, 0.25) is 0 Å². The molecule has 0 N–H and O–H groups in total. The zero-order valence-corrected chi connectivity index (χ0v) is 15.9. The fourth-order valence-corrected chi connectivity index (χ4v) is 3.39. The Morgan fingerprint density at radius 2 is 2.19 bits per heavy atom. The van der Waals surface area contributed by atoms with Crippen LogP contribution in [0.4, 0.5) is 0 Å². The van der Waals surface area contributed by atoms with Crippen LogP contribution >= 0.6 is 0 Å². The fraction of sp³-hybridized carbons (Fsp3) is 0.611. The number of aromatic nitrogens is 3. The zero-order valence-electron chi connectivity index (χ0n) is 15.9. The molecule has 8 heteroatoms. The first-order valence-electron chi connectivity index (χ1n) is 8.89. The maximum atomic E-state index is 12.8. The number of ether oxygens (including phenoxy) is 1. The van der Waals surface area contributed by atoms with E-state index >= 15 is 0 Å². The van der Waals surface area contributed by atoms with Crippen LogP contribution in [0.25, 0.3) is 0 Å². The minimum Gasteiger partial charge on any atom is -0.453 e. The molecule has 1 amide bonds. The van der Waals surface area contributed by atoms with Crippen molar-refractivity contribution in [3.63, 3.8) is 0 Å². The van der Waals surface area contributed by atoms with Crippen molar-refractivity contribution in [2.24, 2.45) is 7.05 Å². The average Bonchev–Trinajstić information content (AvgIpc) is 3.22. The van der Waals surface area contributed by atoms with E-state index in [1.807, 2.05) is 26.0 Å². The van der Waals surface area contributed by atoms with Crippen molar-refractivity contribution in [1.82, 2.24) is 24.6 Å². The molecular weight excluding hydrogens is 334 g/mol. The van der Waals surface area contributed by atoms with Gasteiger partial charge >= 0.3 is 0 Å². The average molecular weight is 361 g/mol. The number of methoxy groups -OCH3 is 1. The van der Waals surface area contributed by atoms with E-state index in [4.69, 9.17) is 9.15 Å². The largest absolute Gasteiger partial charge is 0.453 e. The Morgan fingerprint density at radius 3 is 2.92 bits per heavy atom. The monoisotopic (exact) mass is 361 g/mol. The van der Waals surface area contributed by atoms with Crippen LogP contribution in [0.5, 0.6) is 0 Å². The lowest BCUT2D eigenvalue weighted by molar-refractivity contribution is 0.0664. The predicted molar refractivity (Wildman–Crippen MR) is 95.7 cm³/mol. The van der Waals surface area contributed by atoms with Crippen molar-refractivity contribution in [2.75, 3.05) is 34.3 Å². The van der Waals surface area contributed by atoms with E-state index < -0.39 is 0 Å². The molecule has 0 aromatic carbocycles. The van der Waals surface area contributed by atoms with Gasteiger partial charge in [-0.25, -0.2) is 0 Å². The molecule has 26 heavy (non-hydrogen) atoms. The van der Waals surface area contributed by atoms with Gasteiger partial charge < -0.3 is 23.5 Å². The molecule has 3 rings (SSSR count). The first kappa shape index (κ1) is 18.6. The van der Waals surface area contributed by atoms with Gasteiger partial charge in [0.1, 0.15) is 24.0 Å². The lowest BCUT2D eigenvalue weighted by Gasteiger charge is -2.31. The molecule has 0 spiro atoms. The van der Waals surface area contributed by atoms with Crippen LogP contribution in [-0.4, -0.2) is 64.8 Å². The highest BCUT2D eigenvalue weighted by atomic mass is 16.5. The molecule has 142 valence electrons. The Bertz CT molecular complexity index is 752. The summed E-state index contributed by atoms with van der Waals surface area (Å²) in [6.45, 7) is 2.47. The van der Waals surface area contributed by atoms with Crippen LogP contribution in [0, 0.1) is 0 Å². The number of carbonyl (C=O) groups excluding carboxylic acids is 1. The Balaban J connectivity index is 1.70. The third-order valence-corrected chi connectivity index (χ3v) is 4.69. The van der Waals surface area contributed by atoms with Gasteiger partial charge in [-0.1, -0.05) is 0 Å². The molecule has 8 nitrogen and oxygen atoms in total. The van der Waals surface area contributed by atoms with Crippen LogP contribution in [-0.2, 0) is 24.9 Å². The topological polar surface area (TPSA) is 76.6 Å². The second kappa shape index (κ2) is 8.01. The van der Waals surface area contributed by atoms with Crippen molar-refractivity contribution in [3.05, 3.63) is 35.3 Å². The smallest absolute Gasteiger partial charge is 0.289 e. The molecule has 0 unspecified atom stereocenters. The van der Waals surface area contributed by atoms with Crippen LogP contribution in [0.15, 0.2) is 16.5 Å². The minimum absolute atomic E-state index is 0.0762. The molecule has 2 aromatic rings. The second-order valence-electron chi connectivity index (χ2n) is 7.06. The first-order chi connectivity index (χ1) is 12.5. The summed E-state index contributed by atoms with van der Waals surface area (Å²) in [6.07, 6.45) is 1.95. The van der Waals surface area contributed by atoms with Crippen molar-refractivity contribution < 1.29 is 13.9 Å². The van der Waals surface area contributed by atoms with Gasteiger partial charge in [-0.15, -0.1) is 10.2 Å². The number of hydrogen-bond donors (Lipinski definition) is 0. The van der Waals surface area contributed by atoms with Crippen molar-refractivity contribution >= 4 is 5.91 Å². The normalized spacial score (nSPS) is 17.9. The highest BCUT2D eigenvalue weighted by molar-refractivity contribution is 5.91. The highest BCUT2D eigenvalue weighted by Crippen LogP contribution is 2.27. The lowest BCUT2D eigenvalue weighted by atomic mass is 9.97. The maximum absolute atomic E-state index is 12.8. The van der Waals surface area contributed by atoms with Crippen LogP contribution in [0.3, 0.4) is 0 Å². The van der Waals surface area contributed by atoms with E-state index in [2.05, 4.69) is 19.7 Å². The molecule has 2 aromatic heterocycles. The molecule has 1 fully saturated rings. The maximum Gasteiger partial charge on any atom is 0.289 e. The number of piperidine rings is 1. The van der Waals surface area contributed by atoms with Gasteiger partial charge in [0.25, 0.3) is 5.91 Å². The molecule has 0 bridgehead atoms. The number of furan rings is 1. The molecule has 1 saturated heterocycles. The van der Waals surface area contributed by atoms with Crippen molar-refractivity contribution in [2.45, 2.75) is 31.9 Å². The van der Waals surface area contributed by atoms with E-state index in [-0.39, 0.29) is 11.8 Å². The molecule has 1 atom stereocenters. The Hall–Kier alpha value is -2.19. The zero-order chi connectivity index (χ0) is 18.7. The van der Waals surface area contributed by atoms with Crippen LogP contribution in [0.2, 0.25) is 0 Å². The molecule has 1 aliphatic rings. The fourth-order valence-electron chi connectivity index (χ4n) is 3.39. The number of carbonyl (C=O) groups is 1. The van der Waals surface area contributed by atoms with Gasteiger partial charge in [0.15, 0.2) is 5.76 Å². The van der Waals surface area contributed by atoms with E-state index in [1.54, 1.807) is 19.2 Å². The third kappa shape index (κ3) is 3.96. The lowest BCUT2D eigenvalue weighted by Crippen LogP contribution is -2.39. The van der Waals surface area contributed by atoms with Gasteiger partial charge in [-0.3, -0.25) is 4.79 Å². The van der Waals surface area contributed by atoms with E-state index in [0.717, 1.165) is 37.6 Å². The number of hydrogen-bond acceptors (Lipinski definition) is 6. The molecule has 3 heterocycles. The summed E-state index contributed by atoms with van der Waals surface area (Å²) in [7, 11) is 7.62.